The molecular weight excluding hydrogens is 340 g/mol. The molecule has 0 heterocycles. The van der Waals surface area contributed by atoms with E-state index in [0.29, 0.717) is 28.6 Å². The van der Waals surface area contributed by atoms with Crippen LogP contribution in [0.2, 0.25) is 5.02 Å². The molecule has 0 fully saturated rings. The summed E-state index contributed by atoms with van der Waals surface area (Å²) in [7, 11) is 0. The number of carbonyl (C=O) groups is 2. The van der Waals surface area contributed by atoms with Crippen LogP contribution in [0.25, 0.3) is 0 Å². The Balaban J connectivity index is 1.84. The van der Waals surface area contributed by atoms with E-state index in [9.17, 15) is 9.59 Å². The second kappa shape index (κ2) is 9.08. The van der Waals surface area contributed by atoms with Gasteiger partial charge in [-0.25, -0.2) is 0 Å². The van der Waals surface area contributed by atoms with Crippen LogP contribution in [0.15, 0.2) is 42.5 Å². The fraction of sp³-hybridized carbons (Fsp3) is 0.263. The normalized spacial score (nSPS) is 10.2. The molecule has 0 spiro atoms. The number of halogens is 1. The van der Waals surface area contributed by atoms with E-state index in [1.54, 1.807) is 42.5 Å². The molecule has 0 unspecified atom stereocenters. The zero-order valence-corrected chi connectivity index (χ0v) is 15.0. The van der Waals surface area contributed by atoms with Crippen LogP contribution in [0.5, 0.6) is 5.75 Å². The van der Waals surface area contributed by atoms with Crippen molar-refractivity contribution in [3.05, 3.63) is 53.1 Å². The molecule has 0 aromatic heterocycles. The van der Waals surface area contributed by atoms with Crippen LogP contribution in [0.4, 0.5) is 11.4 Å². The molecule has 2 aromatic carbocycles. The first-order valence-corrected chi connectivity index (χ1v) is 8.44. The molecule has 132 valence electrons. The van der Waals surface area contributed by atoms with Crippen molar-refractivity contribution in [2.75, 3.05) is 17.2 Å². The molecule has 0 bridgehead atoms. The summed E-state index contributed by atoms with van der Waals surface area (Å²) in [5.74, 6) is 0.330. The molecule has 0 atom stereocenters. The second-order valence-corrected chi connectivity index (χ2v) is 6.06. The van der Waals surface area contributed by atoms with Crippen LogP contribution in [-0.4, -0.2) is 18.4 Å². The van der Waals surface area contributed by atoms with Gasteiger partial charge in [0.25, 0.3) is 5.91 Å². The van der Waals surface area contributed by atoms with Crippen molar-refractivity contribution < 1.29 is 14.3 Å². The van der Waals surface area contributed by atoms with Gasteiger partial charge in [-0.2, -0.15) is 0 Å². The number of hydrogen-bond acceptors (Lipinski definition) is 3. The van der Waals surface area contributed by atoms with E-state index in [1.165, 1.54) is 0 Å². The summed E-state index contributed by atoms with van der Waals surface area (Å²) < 4.78 is 5.50. The number of hydrogen-bond donors (Lipinski definition) is 2. The smallest absolute Gasteiger partial charge is 0.262 e. The maximum Gasteiger partial charge on any atom is 0.262 e. The molecule has 0 aliphatic carbocycles. The SMILES string of the molecule is CCCC(=O)Nc1ccc(NC(=O)COc2ccc(Cl)cc2C)cc1. The molecule has 0 radical (unpaired) electrons. The highest BCUT2D eigenvalue weighted by atomic mass is 35.5. The van der Waals surface area contributed by atoms with Gasteiger partial charge >= 0.3 is 0 Å². The van der Waals surface area contributed by atoms with Crippen LogP contribution in [0.1, 0.15) is 25.3 Å². The summed E-state index contributed by atoms with van der Waals surface area (Å²) in [6.07, 6.45) is 1.28. The summed E-state index contributed by atoms with van der Waals surface area (Å²) in [6, 6.07) is 12.2. The Morgan fingerprint density at radius 2 is 1.60 bits per heavy atom. The average molecular weight is 361 g/mol. The molecule has 0 saturated heterocycles. The van der Waals surface area contributed by atoms with Crippen LogP contribution in [0, 0.1) is 6.92 Å². The number of ether oxygens (including phenoxy) is 1. The third-order valence-corrected chi connectivity index (χ3v) is 3.66. The van der Waals surface area contributed by atoms with E-state index < -0.39 is 0 Å². The number of rotatable bonds is 7. The van der Waals surface area contributed by atoms with Crippen LogP contribution >= 0.6 is 11.6 Å². The van der Waals surface area contributed by atoms with E-state index >= 15 is 0 Å². The van der Waals surface area contributed by atoms with E-state index in [1.807, 2.05) is 13.8 Å². The number of benzene rings is 2. The van der Waals surface area contributed by atoms with Gasteiger partial charge in [0.2, 0.25) is 5.91 Å². The number of amides is 2. The van der Waals surface area contributed by atoms with E-state index in [-0.39, 0.29) is 18.4 Å². The Bertz CT molecular complexity index is 745. The molecule has 25 heavy (non-hydrogen) atoms. The summed E-state index contributed by atoms with van der Waals surface area (Å²) in [6.45, 7) is 3.72. The number of aryl methyl sites for hydroxylation is 1. The second-order valence-electron chi connectivity index (χ2n) is 5.62. The third-order valence-electron chi connectivity index (χ3n) is 3.43. The molecule has 6 heteroatoms. The Labute approximate surface area is 152 Å². The van der Waals surface area contributed by atoms with Gasteiger partial charge in [-0.1, -0.05) is 18.5 Å². The lowest BCUT2D eigenvalue weighted by molar-refractivity contribution is -0.118. The molecule has 5 nitrogen and oxygen atoms in total. The highest BCUT2D eigenvalue weighted by molar-refractivity contribution is 6.30. The molecule has 2 N–H and O–H groups in total. The van der Waals surface area contributed by atoms with Gasteiger partial charge in [0, 0.05) is 22.8 Å². The van der Waals surface area contributed by atoms with Crippen molar-refractivity contribution in [1.29, 1.82) is 0 Å². The van der Waals surface area contributed by atoms with Crippen LogP contribution in [-0.2, 0) is 9.59 Å². The fourth-order valence-corrected chi connectivity index (χ4v) is 2.43. The predicted octanol–water partition coefficient (Wildman–Crippen LogP) is 4.40. The third kappa shape index (κ3) is 6.12. The van der Waals surface area contributed by atoms with Crippen molar-refractivity contribution >= 4 is 34.8 Å². The fourth-order valence-electron chi connectivity index (χ4n) is 2.20. The molecule has 2 amide bonds. The first-order valence-electron chi connectivity index (χ1n) is 8.06. The van der Waals surface area contributed by atoms with Gasteiger partial charge < -0.3 is 15.4 Å². The van der Waals surface area contributed by atoms with E-state index in [0.717, 1.165) is 12.0 Å². The largest absolute Gasteiger partial charge is 0.483 e. The summed E-state index contributed by atoms with van der Waals surface area (Å²) in [4.78, 5) is 23.5. The molecule has 0 aliphatic heterocycles. The topological polar surface area (TPSA) is 67.4 Å². The first kappa shape index (κ1) is 18.8. The molecule has 2 rings (SSSR count). The van der Waals surface area contributed by atoms with Crippen molar-refractivity contribution in [1.82, 2.24) is 0 Å². The number of carbonyl (C=O) groups excluding carboxylic acids is 2. The maximum absolute atomic E-state index is 12.0. The van der Waals surface area contributed by atoms with Gasteiger partial charge in [0.1, 0.15) is 5.75 Å². The van der Waals surface area contributed by atoms with Gasteiger partial charge in [0.15, 0.2) is 6.61 Å². The molecule has 0 aliphatic rings. The summed E-state index contributed by atoms with van der Waals surface area (Å²) >= 11 is 5.89. The average Bonchev–Trinajstić information content (AvgIpc) is 2.56. The quantitative estimate of drug-likeness (QED) is 0.768. The van der Waals surface area contributed by atoms with Crippen LogP contribution in [0.3, 0.4) is 0 Å². The highest BCUT2D eigenvalue weighted by Gasteiger charge is 2.07. The van der Waals surface area contributed by atoms with Crippen molar-refractivity contribution in [3.63, 3.8) is 0 Å². The van der Waals surface area contributed by atoms with Gasteiger partial charge in [-0.05, 0) is 61.4 Å². The molecule has 2 aromatic rings. The van der Waals surface area contributed by atoms with E-state index in [2.05, 4.69) is 10.6 Å². The minimum atomic E-state index is -0.267. The summed E-state index contributed by atoms with van der Waals surface area (Å²) in [5.41, 5.74) is 2.20. The van der Waals surface area contributed by atoms with Crippen molar-refractivity contribution in [2.45, 2.75) is 26.7 Å². The minimum Gasteiger partial charge on any atom is -0.483 e. The Kier molecular flexibility index (Phi) is 6.83. The first-order chi connectivity index (χ1) is 12.0. The van der Waals surface area contributed by atoms with Crippen molar-refractivity contribution in [2.24, 2.45) is 0 Å². The monoisotopic (exact) mass is 360 g/mol. The number of nitrogens with one attached hydrogen (secondary N) is 2. The lowest BCUT2D eigenvalue weighted by Crippen LogP contribution is -2.20. The number of anilines is 2. The Morgan fingerprint density at radius 1 is 1.00 bits per heavy atom. The Morgan fingerprint density at radius 3 is 2.16 bits per heavy atom. The predicted molar refractivity (Wildman–Crippen MR) is 100 cm³/mol. The molecule has 0 saturated carbocycles. The van der Waals surface area contributed by atoms with Gasteiger partial charge in [-0.15, -0.1) is 0 Å². The lowest BCUT2D eigenvalue weighted by Gasteiger charge is -2.10. The maximum atomic E-state index is 12.0. The lowest BCUT2D eigenvalue weighted by atomic mass is 10.2. The zero-order valence-electron chi connectivity index (χ0n) is 14.3. The van der Waals surface area contributed by atoms with Gasteiger partial charge in [-0.3, -0.25) is 9.59 Å². The van der Waals surface area contributed by atoms with Gasteiger partial charge in [0.05, 0.1) is 0 Å². The standard InChI is InChI=1S/C19H21ClN2O3/c1-3-4-18(23)21-15-6-8-16(9-7-15)22-19(24)12-25-17-10-5-14(20)11-13(17)2/h5-11H,3-4,12H2,1-2H3,(H,21,23)(H,22,24). The highest BCUT2D eigenvalue weighted by Crippen LogP contribution is 2.21. The zero-order chi connectivity index (χ0) is 18.2. The minimum absolute atomic E-state index is 0.0222. The van der Waals surface area contributed by atoms with E-state index in [4.69, 9.17) is 16.3 Å². The Hall–Kier alpha value is -2.53. The summed E-state index contributed by atoms with van der Waals surface area (Å²) in [5, 5.41) is 6.17. The molecular formula is C19H21ClN2O3. The van der Waals surface area contributed by atoms with Crippen molar-refractivity contribution in [3.8, 4) is 5.75 Å². The van der Waals surface area contributed by atoms with Crippen LogP contribution < -0.4 is 15.4 Å².